The smallest absolute Gasteiger partial charge is 0.305 e. The van der Waals surface area contributed by atoms with Crippen molar-refractivity contribution in [2.75, 3.05) is 6.54 Å². The highest BCUT2D eigenvalue weighted by molar-refractivity contribution is 5.97. The lowest BCUT2D eigenvalue weighted by molar-refractivity contribution is -0.136. The average Bonchev–Trinajstić information content (AvgIpc) is 2.54. The summed E-state index contributed by atoms with van der Waals surface area (Å²) in [5.41, 5.74) is 1.40. The van der Waals surface area contributed by atoms with E-state index >= 15 is 0 Å². The van der Waals surface area contributed by atoms with Crippen molar-refractivity contribution in [3.05, 3.63) is 65.7 Å². The molecule has 0 saturated carbocycles. The molecule has 5 nitrogen and oxygen atoms in total. The topological polar surface area (TPSA) is 75.6 Å². The highest BCUT2D eigenvalue weighted by atomic mass is 16.5. The van der Waals surface area contributed by atoms with Crippen molar-refractivity contribution in [2.24, 2.45) is 0 Å². The van der Waals surface area contributed by atoms with E-state index in [1.807, 2.05) is 30.3 Å². The third-order valence-corrected chi connectivity index (χ3v) is 2.99. The molecule has 0 spiro atoms. The second-order valence-electron chi connectivity index (χ2n) is 4.67. The van der Waals surface area contributed by atoms with Gasteiger partial charge in [0.25, 0.3) is 5.91 Å². The Hall–Kier alpha value is -2.82. The Labute approximate surface area is 128 Å². The molecule has 2 aromatic carbocycles. The van der Waals surface area contributed by atoms with Crippen LogP contribution in [-0.2, 0) is 11.4 Å². The molecule has 0 aliphatic heterocycles. The number of amides is 1. The van der Waals surface area contributed by atoms with Crippen molar-refractivity contribution >= 4 is 11.9 Å². The van der Waals surface area contributed by atoms with E-state index in [1.54, 1.807) is 24.3 Å². The van der Waals surface area contributed by atoms with Crippen LogP contribution in [0.5, 0.6) is 5.75 Å². The fourth-order valence-corrected chi connectivity index (χ4v) is 1.89. The van der Waals surface area contributed by atoms with Crippen LogP contribution in [0.2, 0.25) is 0 Å². The predicted molar refractivity (Wildman–Crippen MR) is 81.8 cm³/mol. The zero-order valence-corrected chi connectivity index (χ0v) is 12.0. The molecular weight excluding hydrogens is 282 g/mol. The summed E-state index contributed by atoms with van der Waals surface area (Å²) in [5, 5.41) is 11.2. The largest absolute Gasteiger partial charge is 0.488 e. The van der Waals surface area contributed by atoms with Crippen LogP contribution < -0.4 is 10.1 Å². The SMILES string of the molecule is O=C(O)CCNC(=O)c1ccccc1OCc1ccccc1. The van der Waals surface area contributed by atoms with Crippen LogP contribution in [-0.4, -0.2) is 23.5 Å². The molecule has 0 saturated heterocycles. The number of carbonyl (C=O) groups is 2. The first kappa shape index (κ1) is 15.6. The predicted octanol–water partition coefficient (Wildman–Crippen LogP) is 2.47. The van der Waals surface area contributed by atoms with Crippen LogP contribution in [0, 0.1) is 0 Å². The molecule has 22 heavy (non-hydrogen) atoms. The number of hydrogen-bond donors (Lipinski definition) is 2. The Morgan fingerprint density at radius 3 is 2.41 bits per heavy atom. The van der Waals surface area contributed by atoms with Crippen LogP contribution >= 0.6 is 0 Å². The van der Waals surface area contributed by atoms with Crippen LogP contribution in [0.1, 0.15) is 22.3 Å². The van der Waals surface area contributed by atoms with E-state index in [9.17, 15) is 9.59 Å². The van der Waals surface area contributed by atoms with Gasteiger partial charge in [-0.1, -0.05) is 42.5 Å². The van der Waals surface area contributed by atoms with Gasteiger partial charge < -0.3 is 15.2 Å². The Balaban J connectivity index is 2.00. The standard InChI is InChI=1S/C17H17NO4/c19-16(20)10-11-18-17(21)14-8-4-5-9-15(14)22-12-13-6-2-1-3-7-13/h1-9H,10-12H2,(H,18,21)(H,19,20). The van der Waals surface area contributed by atoms with E-state index in [-0.39, 0.29) is 18.9 Å². The van der Waals surface area contributed by atoms with Crippen molar-refractivity contribution in [2.45, 2.75) is 13.0 Å². The monoisotopic (exact) mass is 299 g/mol. The second-order valence-corrected chi connectivity index (χ2v) is 4.67. The normalized spacial score (nSPS) is 10.0. The lowest BCUT2D eigenvalue weighted by Crippen LogP contribution is -2.26. The third-order valence-electron chi connectivity index (χ3n) is 2.99. The van der Waals surface area contributed by atoms with E-state index in [1.165, 1.54) is 0 Å². The summed E-state index contributed by atoms with van der Waals surface area (Å²) in [6.45, 7) is 0.446. The average molecular weight is 299 g/mol. The van der Waals surface area contributed by atoms with Gasteiger partial charge in [0, 0.05) is 6.54 Å². The summed E-state index contributed by atoms with van der Waals surface area (Å²) >= 11 is 0. The molecule has 0 bridgehead atoms. The van der Waals surface area contributed by atoms with E-state index in [0.29, 0.717) is 17.9 Å². The maximum Gasteiger partial charge on any atom is 0.305 e. The third kappa shape index (κ3) is 4.63. The van der Waals surface area contributed by atoms with Crippen molar-refractivity contribution < 1.29 is 19.4 Å². The van der Waals surface area contributed by atoms with Gasteiger partial charge in [0.15, 0.2) is 0 Å². The first-order chi connectivity index (χ1) is 10.7. The minimum absolute atomic E-state index is 0.0845. The molecule has 0 unspecified atom stereocenters. The zero-order chi connectivity index (χ0) is 15.8. The van der Waals surface area contributed by atoms with Gasteiger partial charge in [-0.05, 0) is 17.7 Å². The Morgan fingerprint density at radius 1 is 1.00 bits per heavy atom. The molecule has 0 aromatic heterocycles. The summed E-state index contributed by atoms with van der Waals surface area (Å²) in [5.74, 6) is -0.821. The fraction of sp³-hybridized carbons (Fsp3) is 0.176. The summed E-state index contributed by atoms with van der Waals surface area (Å²) in [6.07, 6.45) is -0.112. The van der Waals surface area contributed by atoms with Crippen LogP contribution in [0.15, 0.2) is 54.6 Å². The summed E-state index contributed by atoms with van der Waals surface area (Å²) < 4.78 is 5.69. The minimum Gasteiger partial charge on any atom is -0.488 e. The van der Waals surface area contributed by atoms with Crippen molar-refractivity contribution in [3.8, 4) is 5.75 Å². The maximum atomic E-state index is 12.1. The van der Waals surface area contributed by atoms with Crippen molar-refractivity contribution in [1.29, 1.82) is 0 Å². The number of carboxylic acid groups (broad SMARTS) is 1. The van der Waals surface area contributed by atoms with Gasteiger partial charge in [0.05, 0.1) is 12.0 Å². The Morgan fingerprint density at radius 2 is 1.68 bits per heavy atom. The van der Waals surface area contributed by atoms with Gasteiger partial charge >= 0.3 is 5.97 Å². The molecule has 5 heteroatoms. The number of hydrogen-bond acceptors (Lipinski definition) is 3. The number of nitrogens with one attached hydrogen (secondary N) is 1. The van der Waals surface area contributed by atoms with Crippen molar-refractivity contribution in [1.82, 2.24) is 5.32 Å². The summed E-state index contributed by atoms with van der Waals surface area (Å²) in [4.78, 5) is 22.5. The highest BCUT2D eigenvalue weighted by Gasteiger charge is 2.12. The number of ether oxygens (including phenoxy) is 1. The highest BCUT2D eigenvalue weighted by Crippen LogP contribution is 2.19. The molecule has 114 valence electrons. The van der Waals surface area contributed by atoms with Gasteiger partial charge in [-0.25, -0.2) is 0 Å². The number of rotatable bonds is 7. The maximum absolute atomic E-state index is 12.1. The van der Waals surface area contributed by atoms with Gasteiger partial charge in [0.2, 0.25) is 0 Å². The van der Waals surface area contributed by atoms with E-state index < -0.39 is 5.97 Å². The van der Waals surface area contributed by atoms with Crippen molar-refractivity contribution in [3.63, 3.8) is 0 Å². The molecule has 0 atom stereocenters. The zero-order valence-electron chi connectivity index (χ0n) is 12.0. The molecule has 2 N–H and O–H groups in total. The second kappa shape index (κ2) is 7.83. The number of benzene rings is 2. The Kier molecular flexibility index (Phi) is 5.54. The lowest BCUT2D eigenvalue weighted by atomic mass is 10.2. The molecule has 2 rings (SSSR count). The van der Waals surface area contributed by atoms with E-state index in [4.69, 9.17) is 9.84 Å². The first-order valence-corrected chi connectivity index (χ1v) is 6.92. The molecule has 1 amide bonds. The minimum atomic E-state index is -0.950. The first-order valence-electron chi connectivity index (χ1n) is 6.92. The number of carbonyl (C=O) groups excluding carboxylic acids is 1. The molecule has 0 heterocycles. The molecular formula is C17H17NO4. The molecule has 2 aromatic rings. The van der Waals surface area contributed by atoms with Crippen LogP contribution in [0.25, 0.3) is 0 Å². The van der Waals surface area contributed by atoms with Gasteiger partial charge in [0.1, 0.15) is 12.4 Å². The summed E-state index contributed by atoms with van der Waals surface area (Å²) in [6, 6.07) is 16.5. The van der Waals surface area contributed by atoms with Crippen LogP contribution in [0.4, 0.5) is 0 Å². The molecule has 0 aliphatic carbocycles. The van der Waals surface area contributed by atoms with E-state index in [0.717, 1.165) is 5.56 Å². The molecule has 0 aliphatic rings. The van der Waals surface area contributed by atoms with Gasteiger partial charge in [-0.3, -0.25) is 9.59 Å². The molecule has 0 radical (unpaired) electrons. The number of para-hydroxylation sites is 1. The summed E-state index contributed by atoms with van der Waals surface area (Å²) in [7, 11) is 0. The quantitative estimate of drug-likeness (QED) is 0.823. The number of aliphatic carboxylic acids is 1. The van der Waals surface area contributed by atoms with Crippen LogP contribution in [0.3, 0.4) is 0 Å². The number of carboxylic acids is 1. The Bertz CT molecular complexity index is 640. The van der Waals surface area contributed by atoms with Gasteiger partial charge in [-0.15, -0.1) is 0 Å². The molecule has 0 fully saturated rings. The van der Waals surface area contributed by atoms with E-state index in [2.05, 4.69) is 5.32 Å². The fourth-order valence-electron chi connectivity index (χ4n) is 1.89. The van der Waals surface area contributed by atoms with Gasteiger partial charge in [-0.2, -0.15) is 0 Å². The lowest BCUT2D eigenvalue weighted by Gasteiger charge is -2.11.